The third-order valence-electron chi connectivity index (χ3n) is 3.62. The second-order valence-corrected chi connectivity index (χ2v) is 5.58. The summed E-state index contributed by atoms with van der Waals surface area (Å²) < 4.78 is 10.9. The summed E-state index contributed by atoms with van der Waals surface area (Å²) in [4.78, 5) is 18.8. The molecule has 1 aromatic carbocycles. The average Bonchev–Trinajstić information content (AvgIpc) is 2.63. The molecule has 8 nitrogen and oxygen atoms in total. The zero-order valence-corrected chi connectivity index (χ0v) is 15.2. The zero-order chi connectivity index (χ0) is 18.9. The third-order valence-corrected chi connectivity index (χ3v) is 3.62. The van der Waals surface area contributed by atoms with Crippen molar-refractivity contribution in [1.29, 1.82) is 0 Å². The van der Waals surface area contributed by atoms with Crippen molar-refractivity contribution in [2.45, 2.75) is 26.7 Å². The molecular formula is C18H24N4O4. The Morgan fingerprint density at radius 1 is 1.38 bits per heavy atom. The Morgan fingerprint density at radius 3 is 2.85 bits per heavy atom. The highest BCUT2D eigenvalue weighted by Gasteiger charge is 2.07. The van der Waals surface area contributed by atoms with E-state index >= 15 is 0 Å². The number of aliphatic hydroxyl groups excluding tert-OH is 1. The second-order valence-electron chi connectivity index (χ2n) is 5.58. The van der Waals surface area contributed by atoms with E-state index in [0.29, 0.717) is 29.4 Å². The first kappa shape index (κ1) is 19.5. The van der Waals surface area contributed by atoms with Gasteiger partial charge >= 0.3 is 0 Å². The summed E-state index contributed by atoms with van der Waals surface area (Å²) >= 11 is 0. The lowest BCUT2D eigenvalue weighted by atomic mass is 10.2. The second kappa shape index (κ2) is 9.57. The molecule has 2 aromatic rings. The van der Waals surface area contributed by atoms with Gasteiger partial charge < -0.3 is 14.6 Å². The third kappa shape index (κ3) is 5.06. The number of hydrazone groups is 1. The van der Waals surface area contributed by atoms with Crippen LogP contribution in [-0.4, -0.2) is 41.6 Å². The molecule has 8 heteroatoms. The predicted octanol–water partition coefficient (Wildman–Crippen LogP) is 1.86. The Morgan fingerprint density at radius 2 is 2.19 bits per heavy atom. The first-order valence-electron chi connectivity index (χ1n) is 8.39. The van der Waals surface area contributed by atoms with Crippen LogP contribution >= 0.6 is 0 Å². The molecule has 0 saturated heterocycles. The number of anilines is 1. The van der Waals surface area contributed by atoms with Crippen LogP contribution in [0.3, 0.4) is 0 Å². The van der Waals surface area contributed by atoms with E-state index in [9.17, 15) is 4.79 Å². The number of methoxy groups -OCH3 is 1. The molecule has 1 aromatic heterocycles. The van der Waals surface area contributed by atoms with Crippen LogP contribution in [0.1, 0.15) is 30.2 Å². The molecule has 0 amide bonds. The maximum absolute atomic E-state index is 12.0. The minimum atomic E-state index is -0.288. The number of ether oxygens (including phenoxy) is 2. The molecule has 0 bridgehead atoms. The molecular weight excluding hydrogens is 336 g/mol. The fraction of sp³-hybridized carbons (Fsp3) is 0.389. The summed E-state index contributed by atoms with van der Waals surface area (Å²) in [5.41, 5.74) is 4.24. The van der Waals surface area contributed by atoms with Gasteiger partial charge in [0.1, 0.15) is 0 Å². The number of aromatic nitrogens is 2. The number of nitrogens with zero attached hydrogens (tertiary/aromatic N) is 2. The van der Waals surface area contributed by atoms with E-state index in [2.05, 4.69) is 20.5 Å². The Bertz CT molecular complexity index is 817. The molecule has 3 N–H and O–H groups in total. The number of aliphatic hydroxyl groups is 1. The van der Waals surface area contributed by atoms with Crippen molar-refractivity contribution in [3.63, 3.8) is 0 Å². The molecule has 0 spiro atoms. The topological polar surface area (TPSA) is 109 Å². The number of H-pyrrole nitrogens is 1. The van der Waals surface area contributed by atoms with Gasteiger partial charge in [0.15, 0.2) is 11.5 Å². The highest BCUT2D eigenvalue weighted by molar-refractivity contribution is 5.81. The van der Waals surface area contributed by atoms with Gasteiger partial charge in [-0.2, -0.15) is 5.10 Å². The van der Waals surface area contributed by atoms with Crippen molar-refractivity contribution in [3.05, 3.63) is 45.4 Å². The van der Waals surface area contributed by atoms with Gasteiger partial charge in [-0.05, 0) is 37.1 Å². The van der Waals surface area contributed by atoms with Gasteiger partial charge in [0.2, 0.25) is 5.95 Å². The molecule has 1 heterocycles. The van der Waals surface area contributed by atoms with Crippen molar-refractivity contribution < 1.29 is 14.6 Å². The van der Waals surface area contributed by atoms with Crippen LogP contribution in [-0.2, 0) is 6.42 Å². The summed E-state index contributed by atoms with van der Waals surface area (Å²) in [5.74, 6) is 1.54. The van der Waals surface area contributed by atoms with Crippen LogP contribution in [0.5, 0.6) is 11.5 Å². The van der Waals surface area contributed by atoms with E-state index in [1.54, 1.807) is 26.3 Å². The van der Waals surface area contributed by atoms with E-state index in [1.807, 2.05) is 19.1 Å². The van der Waals surface area contributed by atoms with Crippen LogP contribution in [0, 0.1) is 6.92 Å². The summed E-state index contributed by atoms with van der Waals surface area (Å²) in [6, 6.07) is 5.47. The Balaban J connectivity index is 2.12. The summed E-state index contributed by atoms with van der Waals surface area (Å²) in [7, 11) is 1.59. The lowest BCUT2D eigenvalue weighted by molar-refractivity contribution is 0.294. The zero-order valence-electron chi connectivity index (χ0n) is 15.2. The highest BCUT2D eigenvalue weighted by atomic mass is 16.5. The fourth-order valence-corrected chi connectivity index (χ4v) is 2.34. The monoisotopic (exact) mass is 360 g/mol. The van der Waals surface area contributed by atoms with Crippen LogP contribution < -0.4 is 20.5 Å². The summed E-state index contributed by atoms with van der Waals surface area (Å²) in [6.45, 7) is 4.25. The minimum Gasteiger partial charge on any atom is -0.493 e. The van der Waals surface area contributed by atoms with Crippen molar-refractivity contribution in [1.82, 2.24) is 9.97 Å². The van der Waals surface area contributed by atoms with Gasteiger partial charge in [-0.25, -0.2) is 10.4 Å². The largest absolute Gasteiger partial charge is 0.493 e. The highest BCUT2D eigenvalue weighted by Crippen LogP contribution is 2.27. The van der Waals surface area contributed by atoms with Crippen LogP contribution in [0.4, 0.5) is 5.95 Å². The van der Waals surface area contributed by atoms with Crippen LogP contribution in [0.2, 0.25) is 0 Å². The van der Waals surface area contributed by atoms with Gasteiger partial charge in [-0.15, -0.1) is 0 Å². The lowest BCUT2D eigenvalue weighted by Crippen LogP contribution is -2.19. The number of rotatable bonds is 9. The first-order valence-corrected chi connectivity index (χ1v) is 8.39. The van der Waals surface area contributed by atoms with Crippen molar-refractivity contribution >= 4 is 12.2 Å². The minimum absolute atomic E-state index is 0.101. The molecule has 0 atom stereocenters. The van der Waals surface area contributed by atoms with Crippen LogP contribution in [0.15, 0.2) is 28.1 Å². The van der Waals surface area contributed by atoms with E-state index in [0.717, 1.165) is 12.0 Å². The molecule has 140 valence electrons. The molecule has 0 aliphatic carbocycles. The Hall–Kier alpha value is -2.87. The number of nitrogens with one attached hydrogen (secondary N) is 2. The predicted molar refractivity (Wildman–Crippen MR) is 100 cm³/mol. The molecule has 0 fully saturated rings. The quantitative estimate of drug-likeness (QED) is 0.465. The first-order chi connectivity index (χ1) is 12.6. The van der Waals surface area contributed by atoms with Crippen LogP contribution in [0.25, 0.3) is 0 Å². The normalized spacial score (nSPS) is 10.9. The average molecular weight is 360 g/mol. The summed E-state index contributed by atoms with van der Waals surface area (Å²) in [5, 5.41) is 13.1. The number of hydrogen-bond donors (Lipinski definition) is 3. The van der Waals surface area contributed by atoms with E-state index in [4.69, 9.17) is 14.6 Å². The van der Waals surface area contributed by atoms with Gasteiger partial charge in [0.05, 0.1) is 25.6 Å². The molecule has 0 aliphatic rings. The lowest BCUT2D eigenvalue weighted by Gasteiger charge is -2.10. The van der Waals surface area contributed by atoms with E-state index in [1.165, 1.54) is 0 Å². The Labute approximate surface area is 151 Å². The van der Waals surface area contributed by atoms with Crippen molar-refractivity contribution in [2.75, 3.05) is 25.7 Å². The maximum Gasteiger partial charge on any atom is 0.255 e. The number of aryl methyl sites for hydroxylation is 1. The molecule has 0 radical (unpaired) electrons. The van der Waals surface area contributed by atoms with Gasteiger partial charge in [0, 0.05) is 18.6 Å². The van der Waals surface area contributed by atoms with Crippen molar-refractivity contribution in [2.24, 2.45) is 5.10 Å². The van der Waals surface area contributed by atoms with Crippen molar-refractivity contribution in [3.8, 4) is 11.5 Å². The molecule has 0 aliphatic heterocycles. The van der Waals surface area contributed by atoms with Gasteiger partial charge in [0.25, 0.3) is 5.56 Å². The number of aromatic amines is 1. The Kier molecular flexibility index (Phi) is 7.16. The number of benzene rings is 1. The standard InChI is InChI=1S/C18H24N4O4/c1-4-9-26-16-10-13(5-6-15(16)25-3)11-19-22-18-20-12(2)14(7-8-23)17(24)21-18/h5-6,10-11,23H,4,7-9H2,1-3H3,(H2,20,21,22,24)/b19-11-. The maximum atomic E-state index is 12.0. The summed E-state index contributed by atoms with van der Waals surface area (Å²) in [6.07, 6.45) is 2.76. The fourth-order valence-electron chi connectivity index (χ4n) is 2.34. The number of hydrogen-bond acceptors (Lipinski definition) is 7. The van der Waals surface area contributed by atoms with E-state index < -0.39 is 0 Å². The van der Waals surface area contributed by atoms with Gasteiger partial charge in [-0.1, -0.05) is 6.92 Å². The smallest absolute Gasteiger partial charge is 0.255 e. The SMILES string of the molecule is CCCOc1cc(/C=N\Nc2nc(C)c(CCO)c(=O)[nH]2)ccc1OC. The van der Waals surface area contributed by atoms with Gasteiger partial charge in [-0.3, -0.25) is 9.78 Å². The molecule has 0 unspecified atom stereocenters. The molecule has 0 saturated carbocycles. The van der Waals surface area contributed by atoms with E-state index in [-0.39, 0.29) is 24.5 Å². The molecule has 2 rings (SSSR count). The molecule has 26 heavy (non-hydrogen) atoms.